The zero-order valence-corrected chi connectivity index (χ0v) is 23.2. The smallest absolute Gasteiger partial charge is 0.262 e. The van der Waals surface area contributed by atoms with E-state index in [0.29, 0.717) is 47.8 Å². The average molecular weight is 556 g/mol. The Morgan fingerprint density at radius 1 is 0.854 bits per heavy atom. The Kier molecular flexibility index (Phi) is 8.33. The summed E-state index contributed by atoms with van der Waals surface area (Å²) in [5.41, 5.74) is 2.01. The first-order valence-corrected chi connectivity index (χ1v) is 13.7. The summed E-state index contributed by atoms with van der Waals surface area (Å²) < 4.78 is 10.6. The van der Waals surface area contributed by atoms with Crippen molar-refractivity contribution >= 4 is 23.6 Å². The highest BCUT2D eigenvalue weighted by molar-refractivity contribution is 6.22. The van der Waals surface area contributed by atoms with Crippen molar-refractivity contribution < 1.29 is 28.7 Å². The number of methoxy groups -OCH3 is 2. The summed E-state index contributed by atoms with van der Waals surface area (Å²) in [6.45, 7) is 1.50. The van der Waals surface area contributed by atoms with Crippen LogP contribution in [-0.4, -0.2) is 73.3 Å². The van der Waals surface area contributed by atoms with Gasteiger partial charge in [0, 0.05) is 31.6 Å². The van der Waals surface area contributed by atoms with Crippen LogP contribution in [0.25, 0.3) is 0 Å². The fourth-order valence-electron chi connectivity index (χ4n) is 5.48. The number of hydrogen-bond donors (Lipinski definition) is 1. The van der Waals surface area contributed by atoms with Crippen molar-refractivity contribution in [1.29, 1.82) is 0 Å². The fourth-order valence-corrected chi connectivity index (χ4v) is 5.48. The van der Waals surface area contributed by atoms with Gasteiger partial charge < -0.3 is 19.7 Å². The monoisotopic (exact) mass is 555 g/mol. The molecule has 3 aromatic rings. The third kappa shape index (κ3) is 5.79. The molecule has 0 aliphatic carbocycles. The SMILES string of the molecule is COc1ccc(C(=O)N2CCC(CNC(=O)C(Cc3ccccc3)N3C(=O)c4ccccc4C3=O)CC2)cc1OC. The van der Waals surface area contributed by atoms with Gasteiger partial charge in [-0.15, -0.1) is 0 Å². The molecule has 0 aromatic heterocycles. The van der Waals surface area contributed by atoms with Crippen LogP contribution in [0.15, 0.2) is 72.8 Å². The van der Waals surface area contributed by atoms with Crippen LogP contribution < -0.4 is 14.8 Å². The molecule has 0 radical (unpaired) electrons. The van der Waals surface area contributed by atoms with E-state index in [4.69, 9.17) is 9.47 Å². The Bertz CT molecular complexity index is 1410. The molecule has 3 aromatic carbocycles. The van der Waals surface area contributed by atoms with Crippen LogP contribution >= 0.6 is 0 Å². The summed E-state index contributed by atoms with van der Waals surface area (Å²) in [4.78, 5) is 56.0. The maximum absolute atomic E-state index is 13.5. The number of amides is 4. The molecule has 1 N–H and O–H groups in total. The fraction of sp³-hybridized carbons (Fsp3) is 0.312. The van der Waals surface area contributed by atoms with Gasteiger partial charge in [0.15, 0.2) is 11.5 Å². The maximum atomic E-state index is 13.5. The first-order chi connectivity index (χ1) is 19.9. The lowest BCUT2D eigenvalue weighted by Gasteiger charge is -2.33. The highest BCUT2D eigenvalue weighted by Gasteiger charge is 2.42. The number of carbonyl (C=O) groups excluding carboxylic acids is 4. The molecule has 1 fully saturated rings. The first-order valence-electron chi connectivity index (χ1n) is 13.7. The standard InChI is InChI=1S/C32H33N3O6/c1-40-27-13-12-23(19-28(27)41-2)30(37)34-16-14-22(15-17-34)20-33-29(36)26(18-21-8-4-3-5-9-21)35-31(38)24-10-6-7-11-25(24)32(35)39/h3-13,19,22,26H,14-18,20H2,1-2H3,(H,33,36). The molecule has 0 bridgehead atoms. The van der Waals surface area contributed by atoms with Crippen molar-refractivity contribution in [2.24, 2.45) is 5.92 Å². The number of carbonyl (C=O) groups is 4. The Labute approximate surface area is 239 Å². The summed E-state index contributed by atoms with van der Waals surface area (Å²) in [6, 6.07) is 20.2. The molecule has 2 aliphatic heterocycles. The van der Waals surface area contributed by atoms with Crippen molar-refractivity contribution in [3.05, 3.63) is 95.1 Å². The molecule has 2 heterocycles. The van der Waals surface area contributed by atoms with Gasteiger partial charge in [0.1, 0.15) is 6.04 Å². The molecule has 9 nitrogen and oxygen atoms in total. The summed E-state index contributed by atoms with van der Waals surface area (Å²) >= 11 is 0. The van der Waals surface area contributed by atoms with Crippen LogP contribution in [-0.2, 0) is 11.2 Å². The van der Waals surface area contributed by atoms with Gasteiger partial charge in [0.25, 0.3) is 17.7 Å². The first kappa shape index (κ1) is 27.9. The number of nitrogens with zero attached hydrogens (tertiary/aromatic N) is 2. The number of benzene rings is 3. The highest BCUT2D eigenvalue weighted by atomic mass is 16.5. The highest BCUT2D eigenvalue weighted by Crippen LogP contribution is 2.29. The number of nitrogens with one attached hydrogen (secondary N) is 1. The van der Waals surface area contributed by atoms with E-state index >= 15 is 0 Å². The van der Waals surface area contributed by atoms with Crippen LogP contribution in [0.1, 0.15) is 49.5 Å². The lowest BCUT2D eigenvalue weighted by molar-refractivity contribution is -0.125. The number of ether oxygens (including phenoxy) is 2. The minimum atomic E-state index is -0.975. The molecular weight excluding hydrogens is 522 g/mol. The van der Waals surface area contributed by atoms with Crippen molar-refractivity contribution in [3.63, 3.8) is 0 Å². The van der Waals surface area contributed by atoms with E-state index in [1.807, 2.05) is 30.3 Å². The van der Waals surface area contributed by atoms with Crippen molar-refractivity contribution in [2.75, 3.05) is 33.9 Å². The van der Waals surface area contributed by atoms with Gasteiger partial charge in [-0.3, -0.25) is 24.1 Å². The number of piperidine rings is 1. The molecule has 1 saturated heterocycles. The molecule has 9 heteroatoms. The minimum Gasteiger partial charge on any atom is -0.493 e. The number of rotatable bonds is 9. The number of hydrogen-bond acceptors (Lipinski definition) is 6. The van der Waals surface area contributed by atoms with Crippen molar-refractivity contribution in [3.8, 4) is 11.5 Å². The molecule has 41 heavy (non-hydrogen) atoms. The number of likely N-dealkylation sites (tertiary alicyclic amines) is 1. The van der Waals surface area contributed by atoms with E-state index in [1.165, 1.54) is 7.11 Å². The van der Waals surface area contributed by atoms with Gasteiger partial charge in [-0.05, 0) is 54.7 Å². The van der Waals surface area contributed by atoms with Crippen LogP contribution in [0.4, 0.5) is 0 Å². The largest absolute Gasteiger partial charge is 0.493 e. The second-order valence-corrected chi connectivity index (χ2v) is 10.3. The van der Waals surface area contributed by atoms with Gasteiger partial charge >= 0.3 is 0 Å². The second kappa shape index (κ2) is 12.2. The third-order valence-corrected chi connectivity index (χ3v) is 7.81. The van der Waals surface area contributed by atoms with Crippen molar-refractivity contribution in [2.45, 2.75) is 25.3 Å². The zero-order chi connectivity index (χ0) is 28.9. The Balaban J connectivity index is 1.22. The summed E-state index contributed by atoms with van der Waals surface area (Å²) in [5.74, 6) is -0.140. The summed E-state index contributed by atoms with van der Waals surface area (Å²) in [5, 5.41) is 3.00. The van der Waals surface area contributed by atoms with Crippen LogP contribution in [0, 0.1) is 5.92 Å². The second-order valence-electron chi connectivity index (χ2n) is 10.3. The molecule has 2 aliphatic rings. The summed E-state index contributed by atoms with van der Waals surface area (Å²) in [6.07, 6.45) is 1.65. The van der Waals surface area contributed by atoms with E-state index < -0.39 is 17.9 Å². The van der Waals surface area contributed by atoms with E-state index in [1.54, 1.807) is 54.5 Å². The molecular formula is C32H33N3O6. The Morgan fingerprint density at radius 3 is 2.07 bits per heavy atom. The molecule has 1 atom stereocenters. The van der Waals surface area contributed by atoms with Crippen molar-refractivity contribution in [1.82, 2.24) is 15.1 Å². The summed E-state index contributed by atoms with van der Waals surface area (Å²) in [7, 11) is 3.08. The van der Waals surface area contributed by atoms with Crippen LogP contribution in [0.2, 0.25) is 0 Å². The lowest BCUT2D eigenvalue weighted by Crippen LogP contribution is -2.52. The third-order valence-electron chi connectivity index (χ3n) is 7.81. The maximum Gasteiger partial charge on any atom is 0.262 e. The molecule has 0 saturated carbocycles. The predicted octanol–water partition coefficient (Wildman–Crippen LogP) is 3.58. The van der Waals surface area contributed by atoms with E-state index in [2.05, 4.69) is 5.32 Å². The van der Waals surface area contributed by atoms with Gasteiger partial charge in [0.2, 0.25) is 5.91 Å². The van der Waals surface area contributed by atoms with Crippen LogP contribution in [0.5, 0.6) is 11.5 Å². The number of imide groups is 1. The van der Waals surface area contributed by atoms with E-state index in [0.717, 1.165) is 23.3 Å². The van der Waals surface area contributed by atoms with Gasteiger partial charge in [0.05, 0.1) is 25.3 Å². The van der Waals surface area contributed by atoms with Gasteiger partial charge in [-0.25, -0.2) is 0 Å². The topological polar surface area (TPSA) is 105 Å². The molecule has 1 unspecified atom stereocenters. The predicted molar refractivity (Wildman–Crippen MR) is 152 cm³/mol. The molecule has 4 amide bonds. The minimum absolute atomic E-state index is 0.0815. The average Bonchev–Trinajstić information content (AvgIpc) is 3.27. The molecule has 0 spiro atoms. The van der Waals surface area contributed by atoms with Gasteiger partial charge in [-0.1, -0.05) is 42.5 Å². The van der Waals surface area contributed by atoms with Crippen LogP contribution in [0.3, 0.4) is 0 Å². The lowest BCUT2D eigenvalue weighted by atomic mass is 9.95. The van der Waals surface area contributed by atoms with Gasteiger partial charge in [-0.2, -0.15) is 0 Å². The number of fused-ring (bicyclic) bond motifs is 1. The van der Waals surface area contributed by atoms with E-state index in [-0.39, 0.29) is 24.2 Å². The molecule has 5 rings (SSSR count). The Morgan fingerprint density at radius 2 is 1.46 bits per heavy atom. The molecule has 212 valence electrons. The quantitative estimate of drug-likeness (QED) is 0.405. The Hall–Kier alpha value is -4.66. The normalized spacial score (nSPS) is 15.9. The zero-order valence-electron chi connectivity index (χ0n) is 23.2. The van der Waals surface area contributed by atoms with E-state index in [9.17, 15) is 19.2 Å².